The van der Waals surface area contributed by atoms with E-state index in [2.05, 4.69) is 20.9 Å². The minimum Gasteiger partial charge on any atom is -0.493 e. The van der Waals surface area contributed by atoms with Crippen LogP contribution in [-0.2, 0) is 9.53 Å². The van der Waals surface area contributed by atoms with Crippen LogP contribution in [0.25, 0.3) is 17.4 Å². The largest absolute Gasteiger partial charge is 0.493 e. The monoisotopic (exact) mass is 666 g/mol. The minimum atomic E-state index is -1.01. The second-order valence-electron chi connectivity index (χ2n) is 9.57. The van der Waals surface area contributed by atoms with Gasteiger partial charge in [0.05, 0.1) is 48.2 Å². The van der Waals surface area contributed by atoms with Crippen LogP contribution in [0.5, 0.6) is 11.5 Å². The van der Waals surface area contributed by atoms with Crippen molar-refractivity contribution in [3.05, 3.63) is 100 Å². The van der Waals surface area contributed by atoms with Crippen molar-refractivity contribution in [2.75, 3.05) is 20.8 Å². The average Bonchev–Trinajstić information content (AvgIpc) is 3.56. The van der Waals surface area contributed by atoms with Crippen molar-refractivity contribution in [1.82, 2.24) is 4.57 Å². The Morgan fingerprint density at radius 3 is 2.49 bits per heavy atom. The molecule has 4 aromatic rings. The van der Waals surface area contributed by atoms with E-state index in [1.54, 1.807) is 63.2 Å². The number of carboxylic acid groups (broad SMARTS) is 1. The predicted molar refractivity (Wildman–Crippen MR) is 163 cm³/mol. The van der Waals surface area contributed by atoms with Crippen LogP contribution in [0.3, 0.4) is 0 Å². The molecule has 0 amide bonds. The van der Waals surface area contributed by atoms with Gasteiger partial charge in [-0.05, 0) is 68.3 Å². The maximum Gasteiger partial charge on any atom is 0.338 e. The molecule has 10 nitrogen and oxygen atoms in total. The Labute approximate surface area is 258 Å². The average molecular weight is 668 g/mol. The molecule has 1 atom stereocenters. The molecule has 1 aliphatic heterocycles. The van der Waals surface area contributed by atoms with Gasteiger partial charge in [0.1, 0.15) is 11.5 Å². The standard InChI is InChI=1S/C31H27BrN2O8S/c1-6-41-30(38)26-16(3)33-31-34(27(26)20-13-23(39-4)24(40-5)14-21(20)32)28(35)25(43-31)12-18-8-10-22(42-18)19-9-7-17(29(36)37)11-15(19)2/h7-14,27H,6H2,1-5H3,(H,36,37)/b25-12-/t27-/m1/s1. The third-order valence-electron chi connectivity index (χ3n) is 6.95. The number of aromatic carboxylic acids is 1. The van der Waals surface area contributed by atoms with Gasteiger partial charge in [-0.25, -0.2) is 14.6 Å². The zero-order valence-corrected chi connectivity index (χ0v) is 26.3. The van der Waals surface area contributed by atoms with Gasteiger partial charge in [-0.15, -0.1) is 0 Å². The first-order chi connectivity index (χ1) is 20.6. The Hall–Kier alpha value is -4.42. The maximum absolute atomic E-state index is 14.0. The van der Waals surface area contributed by atoms with Gasteiger partial charge in [0.2, 0.25) is 0 Å². The lowest BCUT2D eigenvalue weighted by atomic mass is 9.95. The van der Waals surface area contributed by atoms with Crippen molar-refractivity contribution in [2.45, 2.75) is 26.8 Å². The van der Waals surface area contributed by atoms with Crippen LogP contribution >= 0.6 is 27.3 Å². The summed E-state index contributed by atoms with van der Waals surface area (Å²) in [6.45, 7) is 5.38. The number of furan rings is 1. The van der Waals surface area contributed by atoms with E-state index in [1.807, 2.05) is 0 Å². The van der Waals surface area contributed by atoms with Crippen molar-refractivity contribution in [1.29, 1.82) is 0 Å². The van der Waals surface area contributed by atoms with E-state index in [9.17, 15) is 19.5 Å². The number of rotatable bonds is 8. The van der Waals surface area contributed by atoms with Gasteiger partial charge in [-0.1, -0.05) is 33.3 Å². The summed E-state index contributed by atoms with van der Waals surface area (Å²) in [4.78, 5) is 43.6. The number of fused-ring (bicyclic) bond motifs is 1. The second-order valence-corrected chi connectivity index (χ2v) is 11.4. The van der Waals surface area contributed by atoms with Crippen LogP contribution in [-0.4, -0.2) is 42.4 Å². The van der Waals surface area contributed by atoms with E-state index < -0.39 is 18.0 Å². The molecule has 2 aromatic carbocycles. The number of hydrogen-bond donors (Lipinski definition) is 1. The first-order valence-electron chi connectivity index (χ1n) is 13.1. The molecule has 0 fully saturated rings. The van der Waals surface area contributed by atoms with Crippen molar-refractivity contribution in [2.24, 2.45) is 4.99 Å². The van der Waals surface area contributed by atoms with Gasteiger partial charge in [0.15, 0.2) is 16.3 Å². The molecular weight excluding hydrogens is 640 g/mol. The molecule has 0 bridgehead atoms. The molecule has 1 N–H and O–H groups in total. The van der Waals surface area contributed by atoms with Crippen molar-refractivity contribution in [3.63, 3.8) is 0 Å². The van der Waals surface area contributed by atoms with Gasteiger partial charge in [0, 0.05) is 16.1 Å². The van der Waals surface area contributed by atoms with Gasteiger partial charge in [-0.2, -0.15) is 0 Å². The summed E-state index contributed by atoms with van der Waals surface area (Å²) >= 11 is 4.76. The Balaban J connectivity index is 1.66. The molecule has 0 saturated carbocycles. The molecule has 0 saturated heterocycles. The van der Waals surface area contributed by atoms with Crippen LogP contribution in [0.2, 0.25) is 0 Å². The van der Waals surface area contributed by atoms with Gasteiger partial charge in [-0.3, -0.25) is 9.36 Å². The molecule has 5 rings (SSSR count). The number of nitrogens with zero attached hydrogens (tertiary/aromatic N) is 2. The van der Waals surface area contributed by atoms with Gasteiger partial charge >= 0.3 is 11.9 Å². The highest BCUT2D eigenvalue weighted by atomic mass is 79.9. The number of esters is 1. The summed E-state index contributed by atoms with van der Waals surface area (Å²) in [5, 5.41) is 9.27. The lowest BCUT2D eigenvalue weighted by Crippen LogP contribution is -2.40. The molecule has 0 aliphatic carbocycles. The number of carbonyl (C=O) groups excluding carboxylic acids is 1. The third kappa shape index (κ3) is 5.55. The van der Waals surface area contributed by atoms with Crippen LogP contribution in [0, 0.1) is 6.92 Å². The number of carbonyl (C=O) groups is 2. The third-order valence-corrected chi connectivity index (χ3v) is 8.62. The summed E-state index contributed by atoms with van der Waals surface area (Å²) in [6.07, 6.45) is 1.62. The predicted octanol–water partition coefficient (Wildman–Crippen LogP) is 4.84. The number of methoxy groups -OCH3 is 2. The summed E-state index contributed by atoms with van der Waals surface area (Å²) in [7, 11) is 3.03. The van der Waals surface area contributed by atoms with Crippen LogP contribution < -0.4 is 24.4 Å². The maximum atomic E-state index is 14.0. The normalized spacial score (nSPS) is 14.7. The number of thiazole rings is 1. The van der Waals surface area contributed by atoms with Crippen molar-refractivity contribution in [3.8, 4) is 22.8 Å². The van der Waals surface area contributed by atoms with E-state index in [0.717, 1.165) is 11.1 Å². The number of carboxylic acids is 1. The number of ether oxygens (including phenoxy) is 3. The summed E-state index contributed by atoms with van der Waals surface area (Å²) < 4.78 is 24.8. The van der Waals surface area contributed by atoms with E-state index in [-0.39, 0.29) is 23.3 Å². The molecule has 2 aromatic heterocycles. The van der Waals surface area contributed by atoms with E-state index in [1.165, 1.54) is 36.2 Å². The molecule has 3 heterocycles. The lowest BCUT2D eigenvalue weighted by Gasteiger charge is -2.26. The Kier molecular flexibility index (Phi) is 8.43. The molecule has 0 spiro atoms. The highest BCUT2D eigenvalue weighted by molar-refractivity contribution is 9.10. The highest BCUT2D eigenvalue weighted by Crippen LogP contribution is 2.40. The number of aryl methyl sites for hydroxylation is 1. The number of aromatic nitrogens is 1. The van der Waals surface area contributed by atoms with Crippen LogP contribution in [0.1, 0.15) is 47.1 Å². The first kappa shape index (κ1) is 30.1. The molecule has 0 unspecified atom stereocenters. The second kappa shape index (κ2) is 12.1. The van der Waals surface area contributed by atoms with E-state index >= 15 is 0 Å². The first-order valence-corrected chi connectivity index (χ1v) is 14.7. The summed E-state index contributed by atoms with van der Waals surface area (Å²) in [5.74, 6) is 0.267. The number of allylic oxidation sites excluding steroid dienone is 1. The molecule has 43 heavy (non-hydrogen) atoms. The summed E-state index contributed by atoms with van der Waals surface area (Å²) in [6, 6.07) is 10.9. The fourth-order valence-corrected chi connectivity index (χ4v) is 6.51. The Bertz CT molecular complexity index is 1980. The fourth-order valence-electron chi connectivity index (χ4n) is 4.94. The number of benzene rings is 2. The summed E-state index contributed by atoms with van der Waals surface area (Å²) in [5.41, 5.74) is 2.53. The highest BCUT2D eigenvalue weighted by Gasteiger charge is 2.35. The smallest absolute Gasteiger partial charge is 0.338 e. The topological polar surface area (TPSA) is 130 Å². The molecule has 12 heteroatoms. The molecule has 1 aliphatic rings. The van der Waals surface area contributed by atoms with Crippen LogP contribution in [0.4, 0.5) is 0 Å². The van der Waals surface area contributed by atoms with Gasteiger partial charge in [0.25, 0.3) is 5.56 Å². The van der Waals surface area contributed by atoms with Crippen LogP contribution in [0.15, 0.2) is 72.4 Å². The molecule has 0 radical (unpaired) electrons. The van der Waals surface area contributed by atoms with E-state index in [4.69, 9.17) is 18.6 Å². The molecular formula is C31H27BrN2O8S. The zero-order chi connectivity index (χ0) is 31.0. The fraction of sp³-hybridized carbons (Fsp3) is 0.226. The van der Waals surface area contributed by atoms with Crippen molar-refractivity contribution < 1.29 is 33.3 Å². The van der Waals surface area contributed by atoms with E-state index in [0.29, 0.717) is 48.1 Å². The quantitative estimate of drug-likeness (QED) is 0.264. The lowest BCUT2D eigenvalue weighted by molar-refractivity contribution is -0.139. The number of halogens is 1. The number of hydrogen-bond acceptors (Lipinski definition) is 9. The van der Waals surface area contributed by atoms with Crippen molar-refractivity contribution >= 4 is 45.3 Å². The Morgan fingerprint density at radius 2 is 1.84 bits per heavy atom. The minimum absolute atomic E-state index is 0.152. The zero-order valence-electron chi connectivity index (χ0n) is 23.9. The van der Waals surface area contributed by atoms with Gasteiger partial charge < -0.3 is 23.7 Å². The SMILES string of the molecule is CCOC(=O)C1=C(C)N=c2s/c(=C\c3ccc(-c4ccc(C(=O)O)cc4C)o3)c(=O)n2[C@@H]1c1cc(OC)c(OC)cc1Br. The Morgan fingerprint density at radius 1 is 1.12 bits per heavy atom. The molecule has 222 valence electrons.